The standard InChI is InChI=1S/C10H11N5O2S/c1-13-6-7(12-9(13)18-5-4-11)14(2)10(17)15(3)8(6)16/h5H2,1-3H3. The normalized spacial score (nSPS) is 10.8. The molecule has 0 amide bonds. The van der Waals surface area contributed by atoms with Crippen LogP contribution in [-0.2, 0) is 21.1 Å². The molecule has 0 unspecified atom stereocenters. The third-order valence-corrected chi connectivity index (χ3v) is 3.60. The summed E-state index contributed by atoms with van der Waals surface area (Å²) in [7, 11) is 4.69. The van der Waals surface area contributed by atoms with E-state index in [2.05, 4.69) is 4.98 Å². The molecule has 18 heavy (non-hydrogen) atoms. The Balaban J connectivity index is 2.86. The smallest absolute Gasteiger partial charge is 0.316 e. The van der Waals surface area contributed by atoms with E-state index in [0.29, 0.717) is 16.3 Å². The largest absolute Gasteiger partial charge is 0.332 e. The molecule has 7 nitrogen and oxygen atoms in total. The van der Waals surface area contributed by atoms with Gasteiger partial charge in [-0.2, -0.15) is 5.26 Å². The van der Waals surface area contributed by atoms with Gasteiger partial charge in [-0.1, -0.05) is 11.8 Å². The van der Waals surface area contributed by atoms with Crippen molar-refractivity contribution in [1.29, 1.82) is 5.26 Å². The Hall–Kier alpha value is -2.01. The lowest BCUT2D eigenvalue weighted by atomic mass is 10.5. The second-order valence-corrected chi connectivity index (χ2v) is 4.72. The van der Waals surface area contributed by atoms with E-state index in [-0.39, 0.29) is 11.3 Å². The number of fused-ring (bicyclic) bond motifs is 1. The van der Waals surface area contributed by atoms with Crippen LogP contribution < -0.4 is 11.2 Å². The van der Waals surface area contributed by atoms with Gasteiger partial charge >= 0.3 is 5.69 Å². The second-order valence-electron chi connectivity index (χ2n) is 3.78. The molecule has 94 valence electrons. The molecule has 0 aliphatic rings. The third kappa shape index (κ3) is 1.64. The molecule has 2 aromatic rings. The monoisotopic (exact) mass is 265 g/mol. The van der Waals surface area contributed by atoms with E-state index in [1.165, 1.54) is 23.4 Å². The van der Waals surface area contributed by atoms with Gasteiger partial charge < -0.3 is 4.57 Å². The van der Waals surface area contributed by atoms with Crippen molar-refractivity contribution in [1.82, 2.24) is 18.7 Å². The number of hydrogen-bond donors (Lipinski definition) is 0. The highest BCUT2D eigenvalue weighted by Crippen LogP contribution is 2.19. The summed E-state index contributed by atoms with van der Waals surface area (Å²) in [4.78, 5) is 28.0. The molecule has 0 aliphatic heterocycles. The average Bonchev–Trinajstić information content (AvgIpc) is 2.69. The second kappa shape index (κ2) is 4.34. The minimum absolute atomic E-state index is 0.241. The topological polar surface area (TPSA) is 85.6 Å². The zero-order chi connectivity index (χ0) is 13.4. The lowest BCUT2D eigenvalue weighted by Crippen LogP contribution is -2.37. The number of nitriles is 1. The van der Waals surface area contributed by atoms with Gasteiger partial charge in [0, 0.05) is 21.1 Å². The van der Waals surface area contributed by atoms with Gasteiger partial charge in [0.2, 0.25) is 0 Å². The van der Waals surface area contributed by atoms with Crippen LogP contribution >= 0.6 is 11.8 Å². The Morgan fingerprint density at radius 1 is 1.22 bits per heavy atom. The quantitative estimate of drug-likeness (QED) is 0.689. The van der Waals surface area contributed by atoms with Crippen LogP contribution in [0.1, 0.15) is 0 Å². The molecule has 0 saturated heterocycles. The molecule has 2 rings (SSSR count). The van der Waals surface area contributed by atoms with E-state index >= 15 is 0 Å². The first-order valence-electron chi connectivity index (χ1n) is 5.11. The van der Waals surface area contributed by atoms with Crippen molar-refractivity contribution in [2.75, 3.05) is 5.75 Å². The Morgan fingerprint density at radius 2 is 1.89 bits per heavy atom. The van der Waals surface area contributed by atoms with E-state index in [4.69, 9.17) is 5.26 Å². The van der Waals surface area contributed by atoms with Gasteiger partial charge in [-0.15, -0.1) is 0 Å². The van der Waals surface area contributed by atoms with E-state index in [1.807, 2.05) is 6.07 Å². The van der Waals surface area contributed by atoms with E-state index in [0.717, 1.165) is 4.57 Å². The fourth-order valence-corrected chi connectivity index (χ4v) is 2.35. The van der Waals surface area contributed by atoms with Crippen molar-refractivity contribution >= 4 is 22.9 Å². The lowest BCUT2D eigenvalue weighted by Gasteiger charge is -2.03. The van der Waals surface area contributed by atoms with E-state index in [9.17, 15) is 9.59 Å². The van der Waals surface area contributed by atoms with Crippen LogP contribution in [0.4, 0.5) is 0 Å². The van der Waals surface area contributed by atoms with E-state index < -0.39 is 5.69 Å². The Bertz CT molecular complexity index is 777. The van der Waals surface area contributed by atoms with Gasteiger partial charge in [0.25, 0.3) is 5.56 Å². The number of thioether (sulfide) groups is 1. The molecule has 2 aromatic heterocycles. The maximum Gasteiger partial charge on any atom is 0.332 e. The molecule has 0 spiro atoms. The fraction of sp³-hybridized carbons (Fsp3) is 0.400. The van der Waals surface area contributed by atoms with Gasteiger partial charge in [0.1, 0.15) is 0 Å². The number of hydrogen-bond acceptors (Lipinski definition) is 5. The molecule has 0 N–H and O–H groups in total. The zero-order valence-corrected chi connectivity index (χ0v) is 11.0. The first-order chi connectivity index (χ1) is 8.49. The van der Waals surface area contributed by atoms with Crippen molar-refractivity contribution in [2.24, 2.45) is 21.1 Å². The summed E-state index contributed by atoms with van der Waals surface area (Å²) in [6.45, 7) is 0. The van der Waals surface area contributed by atoms with Crippen LogP contribution in [0.25, 0.3) is 11.2 Å². The molecule has 0 aromatic carbocycles. The maximum atomic E-state index is 12.0. The summed E-state index contributed by atoms with van der Waals surface area (Å²) >= 11 is 1.23. The number of nitrogens with zero attached hydrogens (tertiary/aromatic N) is 5. The summed E-state index contributed by atoms with van der Waals surface area (Å²) < 4.78 is 3.98. The van der Waals surface area contributed by atoms with Crippen LogP contribution in [0, 0.1) is 11.3 Å². The molecular formula is C10H11N5O2S. The summed E-state index contributed by atoms with van der Waals surface area (Å²) in [5.74, 6) is 0.241. The molecular weight excluding hydrogens is 254 g/mol. The highest BCUT2D eigenvalue weighted by molar-refractivity contribution is 7.99. The van der Waals surface area contributed by atoms with Crippen molar-refractivity contribution in [3.63, 3.8) is 0 Å². The summed E-state index contributed by atoms with van der Waals surface area (Å²) in [6, 6.07) is 2.00. The third-order valence-electron chi connectivity index (χ3n) is 2.70. The first-order valence-corrected chi connectivity index (χ1v) is 6.09. The van der Waals surface area contributed by atoms with Gasteiger partial charge in [-0.25, -0.2) is 9.78 Å². The van der Waals surface area contributed by atoms with Crippen molar-refractivity contribution in [3.05, 3.63) is 20.8 Å². The van der Waals surface area contributed by atoms with Gasteiger partial charge in [-0.05, 0) is 0 Å². The summed E-state index contributed by atoms with van der Waals surface area (Å²) in [5, 5.41) is 9.11. The molecule has 0 saturated carbocycles. The predicted octanol–water partition coefficient (Wildman–Crippen LogP) is -0.414. The van der Waals surface area contributed by atoms with Crippen LogP contribution in [0.15, 0.2) is 14.7 Å². The molecule has 8 heteroatoms. The SMILES string of the molecule is Cn1c(=O)c2c(nc(SCC#N)n2C)n(C)c1=O. The van der Waals surface area contributed by atoms with Crippen molar-refractivity contribution in [3.8, 4) is 6.07 Å². The van der Waals surface area contributed by atoms with Crippen molar-refractivity contribution in [2.45, 2.75) is 5.16 Å². The minimum Gasteiger partial charge on any atom is -0.316 e. The number of aryl methyl sites for hydroxylation is 2. The highest BCUT2D eigenvalue weighted by atomic mass is 32.2. The Morgan fingerprint density at radius 3 is 2.50 bits per heavy atom. The van der Waals surface area contributed by atoms with Crippen LogP contribution in [0.3, 0.4) is 0 Å². The van der Waals surface area contributed by atoms with Crippen LogP contribution in [0.2, 0.25) is 0 Å². The van der Waals surface area contributed by atoms with Gasteiger partial charge in [0.05, 0.1) is 11.8 Å². The molecule has 0 atom stereocenters. The Labute approximate surface area is 106 Å². The van der Waals surface area contributed by atoms with E-state index in [1.54, 1.807) is 18.7 Å². The highest BCUT2D eigenvalue weighted by Gasteiger charge is 2.16. The maximum absolute atomic E-state index is 12.0. The lowest BCUT2D eigenvalue weighted by molar-refractivity contribution is 0.705. The summed E-state index contributed by atoms with van der Waals surface area (Å²) in [5.41, 5.74) is -0.0968. The minimum atomic E-state index is -0.414. The predicted molar refractivity (Wildman–Crippen MR) is 67.5 cm³/mol. The Kier molecular flexibility index (Phi) is 3.00. The number of rotatable bonds is 2. The zero-order valence-electron chi connectivity index (χ0n) is 10.2. The van der Waals surface area contributed by atoms with Gasteiger partial charge in [-0.3, -0.25) is 13.9 Å². The number of imidazole rings is 1. The van der Waals surface area contributed by atoms with Crippen molar-refractivity contribution < 1.29 is 0 Å². The van der Waals surface area contributed by atoms with Gasteiger partial charge in [0.15, 0.2) is 16.3 Å². The summed E-state index contributed by atoms with van der Waals surface area (Å²) in [6.07, 6.45) is 0. The first kappa shape index (κ1) is 12.4. The molecule has 0 bridgehead atoms. The molecule has 0 radical (unpaired) electrons. The molecule has 2 heterocycles. The number of aromatic nitrogens is 4. The molecule has 0 aliphatic carbocycles. The van der Waals surface area contributed by atoms with Crippen LogP contribution in [-0.4, -0.2) is 24.4 Å². The fourth-order valence-electron chi connectivity index (χ4n) is 1.72. The average molecular weight is 265 g/mol. The molecule has 0 fully saturated rings. The van der Waals surface area contributed by atoms with Crippen LogP contribution in [0.5, 0.6) is 0 Å².